The van der Waals surface area contributed by atoms with Gasteiger partial charge in [-0.25, -0.2) is 0 Å². The molecule has 2 heterocycles. The van der Waals surface area contributed by atoms with Crippen LogP contribution in [0.4, 0.5) is 5.69 Å². The second-order valence-electron chi connectivity index (χ2n) is 5.10. The maximum atomic E-state index is 10.5. The van der Waals surface area contributed by atoms with Crippen LogP contribution < -0.4 is 5.32 Å². The van der Waals surface area contributed by atoms with E-state index < -0.39 is 9.85 Å². The minimum Gasteiger partial charge on any atom is -0.365 e. The first kappa shape index (κ1) is 17.9. The highest BCUT2D eigenvalue weighted by Crippen LogP contribution is 2.16. The molecule has 0 atom stereocenters. The molecule has 130 valence electrons. The molecule has 0 unspecified atom stereocenters. The molecule has 0 bridgehead atoms. The summed E-state index contributed by atoms with van der Waals surface area (Å²) in [5.41, 5.74) is 0.896. The Bertz CT molecular complexity index is 707. The number of aromatic nitrogens is 1. The lowest BCUT2D eigenvalue weighted by molar-refractivity contribution is -0.404. The Labute approximate surface area is 143 Å². The van der Waals surface area contributed by atoms with Gasteiger partial charge >= 0.3 is 0 Å². The predicted molar refractivity (Wildman–Crippen MR) is 90.8 cm³/mol. The van der Waals surface area contributed by atoms with Gasteiger partial charge < -0.3 is 10.2 Å². The molecule has 9 nitrogen and oxygen atoms in total. The number of non-ortho nitro benzene ring substituents is 1. The zero-order valence-corrected chi connectivity index (χ0v) is 13.3. The number of benzene rings is 1. The molecule has 0 aliphatic carbocycles. The number of nitrogens with one attached hydrogen (secondary N) is 1. The minimum atomic E-state index is -0.503. The molecule has 1 aliphatic heterocycles. The first-order valence-corrected chi connectivity index (χ1v) is 7.49. The number of rotatable bonds is 4. The molecule has 3 rings (SSSR count). The Morgan fingerprint density at radius 1 is 1.12 bits per heavy atom. The van der Waals surface area contributed by atoms with Gasteiger partial charge in [-0.15, -0.1) is 0 Å². The molecule has 0 radical (unpaired) electrons. The van der Waals surface area contributed by atoms with Gasteiger partial charge in [0.2, 0.25) is 0 Å². The van der Waals surface area contributed by atoms with E-state index in [1.807, 2.05) is 23.1 Å². The Morgan fingerprint density at radius 2 is 1.80 bits per heavy atom. The number of pyridine rings is 1. The number of nitrogens with zero attached hydrogens (tertiary/aromatic N) is 4. The van der Waals surface area contributed by atoms with Crippen molar-refractivity contribution >= 4 is 5.69 Å². The average Bonchev–Trinajstić information content (AvgIpc) is 3.03. The topological polar surface area (TPSA) is 114 Å². The normalized spacial score (nSPS) is 14.4. The summed E-state index contributed by atoms with van der Waals surface area (Å²) in [4.78, 5) is 25.6. The maximum Gasteiger partial charge on any atom is 0.274 e. The van der Waals surface area contributed by atoms with Crippen LogP contribution in [0.3, 0.4) is 0 Å². The van der Waals surface area contributed by atoms with Crippen LogP contribution in [0, 0.1) is 20.2 Å². The van der Waals surface area contributed by atoms with Crippen LogP contribution in [0.1, 0.15) is 5.56 Å². The van der Waals surface area contributed by atoms with E-state index in [1.165, 1.54) is 12.1 Å². The molecule has 0 amide bonds. The van der Waals surface area contributed by atoms with E-state index in [4.69, 9.17) is 0 Å². The van der Waals surface area contributed by atoms with E-state index in [-0.39, 0.29) is 5.69 Å². The van der Waals surface area contributed by atoms with Crippen LogP contribution >= 0.6 is 0 Å². The number of nitro groups is 2. The van der Waals surface area contributed by atoms with Crippen LogP contribution in [0.25, 0.3) is 0 Å². The van der Waals surface area contributed by atoms with Crippen molar-refractivity contribution in [2.24, 2.45) is 0 Å². The number of hydrogen-bond acceptors (Lipinski definition) is 7. The second kappa shape index (κ2) is 8.96. The molecule has 0 spiro atoms. The highest BCUT2D eigenvalue weighted by atomic mass is 16.6. The lowest BCUT2D eigenvalue weighted by Crippen LogP contribution is -2.20. The fourth-order valence-corrected chi connectivity index (χ4v) is 2.20. The van der Waals surface area contributed by atoms with Gasteiger partial charge in [0.1, 0.15) is 0 Å². The molecule has 1 saturated heterocycles. The van der Waals surface area contributed by atoms with Gasteiger partial charge in [-0.2, -0.15) is 0 Å². The maximum absolute atomic E-state index is 10.5. The molecule has 1 aromatic heterocycles. The van der Waals surface area contributed by atoms with Gasteiger partial charge in [0.15, 0.2) is 5.82 Å². The largest absolute Gasteiger partial charge is 0.365 e. The molecule has 2 aromatic rings. The first-order chi connectivity index (χ1) is 12.1. The zero-order valence-electron chi connectivity index (χ0n) is 13.3. The molecule has 1 fully saturated rings. The summed E-state index contributed by atoms with van der Waals surface area (Å²) in [5.74, 6) is 0.461. The lowest BCUT2D eigenvalue weighted by atomic mass is 10.2. The summed E-state index contributed by atoms with van der Waals surface area (Å²) in [6.07, 6.45) is 4.43. The molecule has 9 heteroatoms. The summed E-state index contributed by atoms with van der Waals surface area (Å²) in [6.45, 7) is 1.79. The fourth-order valence-electron chi connectivity index (χ4n) is 2.20. The molecule has 1 N–H and O–H groups in total. The Balaban J connectivity index is 0.000000316. The molecule has 0 saturated carbocycles. The molecular formula is C16H17N5O4. The van der Waals surface area contributed by atoms with Crippen LogP contribution in [0.15, 0.2) is 66.9 Å². The summed E-state index contributed by atoms with van der Waals surface area (Å²) in [5, 5.41) is 23.9. The van der Waals surface area contributed by atoms with E-state index in [0.29, 0.717) is 25.5 Å². The minimum absolute atomic E-state index is 0.0318. The predicted octanol–water partition coefficient (Wildman–Crippen LogP) is 2.16. The van der Waals surface area contributed by atoms with Crippen molar-refractivity contribution in [3.05, 3.63) is 92.7 Å². The van der Waals surface area contributed by atoms with E-state index in [0.717, 1.165) is 11.8 Å². The van der Waals surface area contributed by atoms with Gasteiger partial charge in [0.25, 0.3) is 11.9 Å². The monoisotopic (exact) mass is 343 g/mol. The van der Waals surface area contributed by atoms with E-state index >= 15 is 0 Å². The molecule has 1 aliphatic rings. The molecular weight excluding hydrogens is 326 g/mol. The Kier molecular flexibility index (Phi) is 6.40. The van der Waals surface area contributed by atoms with E-state index in [9.17, 15) is 20.2 Å². The third-order valence-corrected chi connectivity index (χ3v) is 3.34. The van der Waals surface area contributed by atoms with Crippen molar-refractivity contribution in [3.8, 4) is 0 Å². The van der Waals surface area contributed by atoms with Gasteiger partial charge in [-0.1, -0.05) is 18.2 Å². The molecule has 25 heavy (non-hydrogen) atoms. The highest BCUT2D eigenvalue weighted by molar-refractivity contribution is 5.33. The van der Waals surface area contributed by atoms with Crippen molar-refractivity contribution in [1.29, 1.82) is 0 Å². The van der Waals surface area contributed by atoms with Crippen LogP contribution in [-0.2, 0) is 6.54 Å². The lowest BCUT2D eigenvalue weighted by Gasteiger charge is -2.16. The van der Waals surface area contributed by atoms with Crippen molar-refractivity contribution in [2.75, 3.05) is 13.1 Å². The van der Waals surface area contributed by atoms with Gasteiger partial charge in [0.05, 0.1) is 9.85 Å². The van der Waals surface area contributed by atoms with E-state index in [2.05, 4.69) is 10.3 Å². The first-order valence-electron chi connectivity index (χ1n) is 7.49. The SMILES string of the molecule is O=[N+]([O-])C=C1NCCN1Cc1ccc([N+](=O)[O-])cc1.c1ccncc1. The van der Waals surface area contributed by atoms with Crippen molar-refractivity contribution in [3.63, 3.8) is 0 Å². The van der Waals surface area contributed by atoms with Gasteiger partial charge in [-0.05, 0) is 17.7 Å². The van der Waals surface area contributed by atoms with Crippen molar-refractivity contribution < 1.29 is 9.85 Å². The highest BCUT2D eigenvalue weighted by Gasteiger charge is 2.19. The van der Waals surface area contributed by atoms with Crippen LogP contribution in [0.5, 0.6) is 0 Å². The summed E-state index contributed by atoms with van der Waals surface area (Å²) < 4.78 is 0. The van der Waals surface area contributed by atoms with Crippen LogP contribution in [0.2, 0.25) is 0 Å². The second-order valence-corrected chi connectivity index (χ2v) is 5.10. The Morgan fingerprint density at radius 3 is 2.28 bits per heavy atom. The van der Waals surface area contributed by atoms with Crippen molar-refractivity contribution in [2.45, 2.75) is 6.54 Å². The number of nitro benzene ring substituents is 1. The standard InChI is InChI=1S/C11H12N4O4.C5H5N/c16-14(17)8-11-12-5-6-13(11)7-9-1-3-10(4-2-9)15(18)19;1-2-4-6-5-3-1/h1-4,8,12H,5-7H2;1-5H. The summed E-state index contributed by atoms with van der Waals surface area (Å²) >= 11 is 0. The third kappa shape index (κ3) is 5.90. The quantitative estimate of drug-likeness (QED) is 0.668. The summed E-state index contributed by atoms with van der Waals surface area (Å²) in [7, 11) is 0. The third-order valence-electron chi connectivity index (χ3n) is 3.34. The molecule has 1 aromatic carbocycles. The fraction of sp³-hybridized carbons (Fsp3) is 0.188. The summed E-state index contributed by atoms with van der Waals surface area (Å²) in [6, 6.07) is 11.9. The van der Waals surface area contributed by atoms with Crippen LogP contribution in [-0.4, -0.2) is 32.8 Å². The van der Waals surface area contributed by atoms with E-state index in [1.54, 1.807) is 24.5 Å². The van der Waals surface area contributed by atoms with Crippen molar-refractivity contribution in [1.82, 2.24) is 15.2 Å². The smallest absolute Gasteiger partial charge is 0.274 e. The zero-order chi connectivity index (χ0) is 18.1. The van der Waals surface area contributed by atoms with Gasteiger partial charge in [-0.3, -0.25) is 25.2 Å². The van der Waals surface area contributed by atoms with Gasteiger partial charge in [0, 0.05) is 44.2 Å². The Hall–Kier alpha value is -3.49. The average molecular weight is 343 g/mol. The number of hydrogen-bond donors (Lipinski definition) is 1.